The Morgan fingerprint density at radius 1 is 1.50 bits per heavy atom. The van der Waals surface area contributed by atoms with Crippen LogP contribution in [0.1, 0.15) is 16.8 Å². The van der Waals surface area contributed by atoms with E-state index in [1.807, 2.05) is 0 Å². The molecule has 1 aliphatic rings. The van der Waals surface area contributed by atoms with Gasteiger partial charge in [-0.2, -0.15) is 0 Å². The molecule has 1 atom stereocenters. The van der Waals surface area contributed by atoms with Crippen molar-refractivity contribution in [2.75, 3.05) is 20.1 Å². The van der Waals surface area contributed by atoms with Crippen LogP contribution >= 0.6 is 0 Å². The Hall–Kier alpha value is -1.51. The number of carbonyl (C=O) groups is 1. The molecule has 0 radical (unpaired) electrons. The molecule has 3 N–H and O–H groups in total. The van der Waals surface area contributed by atoms with Crippen LogP contribution < -0.4 is 10.5 Å². The number of hydrogen-bond donors (Lipinski definition) is 2. The third kappa shape index (κ3) is 2.97. The third-order valence-corrected chi connectivity index (χ3v) is 4.33. The fourth-order valence-electron chi connectivity index (χ4n) is 2.20. The van der Waals surface area contributed by atoms with Gasteiger partial charge in [0.05, 0.1) is 0 Å². The topological polar surface area (TPSA) is 92.5 Å². The molecule has 0 saturated carbocycles. The number of nitrogens with one attached hydrogen (secondary N) is 1. The Bertz CT molecular complexity index is 627. The first-order chi connectivity index (χ1) is 9.30. The Labute approximate surface area is 116 Å². The Balaban J connectivity index is 2.25. The van der Waals surface area contributed by atoms with Crippen molar-refractivity contribution in [3.05, 3.63) is 29.6 Å². The predicted molar refractivity (Wildman–Crippen MR) is 71.1 cm³/mol. The number of nitrogens with zero attached hydrogens (tertiary/aromatic N) is 1. The molecule has 6 nitrogen and oxygen atoms in total. The van der Waals surface area contributed by atoms with Gasteiger partial charge in [-0.3, -0.25) is 4.79 Å². The first-order valence-electron chi connectivity index (χ1n) is 6.11. The van der Waals surface area contributed by atoms with E-state index in [9.17, 15) is 17.6 Å². The lowest BCUT2D eigenvalue weighted by Crippen LogP contribution is -2.38. The number of rotatable bonds is 3. The summed E-state index contributed by atoms with van der Waals surface area (Å²) in [5, 5.41) is 8.01. The average Bonchev–Trinajstić information content (AvgIpc) is 2.89. The number of carbonyl (C=O) groups excluding carboxylic acids is 1. The van der Waals surface area contributed by atoms with Gasteiger partial charge in [-0.1, -0.05) is 0 Å². The summed E-state index contributed by atoms with van der Waals surface area (Å²) in [6.07, 6.45) is 0.833. The minimum atomic E-state index is -4.12. The van der Waals surface area contributed by atoms with Gasteiger partial charge in [-0.25, -0.2) is 17.9 Å². The minimum Gasteiger partial charge on any atom is -0.337 e. The van der Waals surface area contributed by atoms with E-state index in [0.29, 0.717) is 6.54 Å². The molecule has 0 spiro atoms. The number of halogens is 1. The van der Waals surface area contributed by atoms with Crippen molar-refractivity contribution in [1.29, 1.82) is 0 Å². The molecule has 0 aliphatic carbocycles. The maximum absolute atomic E-state index is 13.7. The number of hydrogen-bond acceptors (Lipinski definition) is 4. The molecular formula is C12H16FN3O3S. The highest BCUT2D eigenvalue weighted by molar-refractivity contribution is 7.89. The molecule has 1 heterocycles. The quantitative estimate of drug-likeness (QED) is 0.816. The second-order valence-electron chi connectivity index (χ2n) is 4.75. The SMILES string of the molecule is CN(C(=O)c1ccc(S(N)(=O)=O)c(F)c1)[C@H]1CCNC1. The van der Waals surface area contributed by atoms with Gasteiger partial charge in [0, 0.05) is 25.2 Å². The zero-order valence-corrected chi connectivity index (χ0v) is 11.8. The monoisotopic (exact) mass is 301 g/mol. The summed E-state index contributed by atoms with van der Waals surface area (Å²) in [5.41, 5.74) is 0.101. The number of sulfonamides is 1. The second kappa shape index (κ2) is 5.47. The number of likely N-dealkylation sites (N-methyl/N-ethyl adjacent to an activating group) is 1. The average molecular weight is 301 g/mol. The molecule has 1 aromatic rings. The first kappa shape index (κ1) is 14.9. The van der Waals surface area contributed by atoms with Crippen LogP contribution in [0.2, 0.25) is 0 Å². The minimum absolute atomic E-state index is 0.0588. The standard InChI is InChI=1S/C12H16FN3O3S/c1-16(9-4-5-15-7-9)12(17)8-2-3-11(10(13)6-8)20(14,18)19/h2-3,6,9,15H,4-5,7H2,1H3,(H2,14,18,19)/t9-/m0/s1. The van der Waals surface area contributed by atoms with Crippen molar-refractivity contribution >= 4 is 15.9 Å². The van der Waals surface area contributed by atoms with Crippen LogP contribution in [0.5, 0.6) is 0 Å². The highest BCUT2D eigenvalue weighted by atomic mass is 32.2. The summed E-state index contributed by atoms with van der Waals surface area (Å²) in [6.45, 7) is 1.53. The zero-order chi connectivity index (χ0) is 14.9. The van der Waals surface area contributed by atoms with Gasteiger partial charge in [0.25, 0.3) is 5.91 Å². The molecule has 0 bridgehead atoms. The van der Waals surface area contributed by atoms with Crippen LogP contribution in [0.3, 0.4) is 0 Å². The predicted octanol–water partition coefficient (Wildman–Crippen LogP) is -0.0930. The van der Waals surface area contributed by atoms with E-state index in [2.05, 4.69) is 5.32 Å². The molecule has 1 aromatic carbocycles. The van der Waals surface area contributed by atoms with Crippen LogP contribution in [-0.4, -0.2) is 45.4 Å². The molecule has 1 amide bonds. The summed E-state index contributed by atoms with van der Waals surface area (Å²) in [7, 11) is -2.48. The fraction of sp³-hybridized carbons (Fsp3) is 0.417. The number of benzene rings is 1. The Morgan fingerprint density at radius 3 is 2.70 bits per heavy atom. The highest BCUT2D eigenvalue weighted by Gasteiger charge is 2.25. The van der Waals surface area contributed by atoms with Gasteiger partial charge in [-0.05, 0) is 31.2 Å². The molecule has 110 valence electrons. The Kier molecular flexibility index (Phi) is 4.07. The van der Waals surface area contributed by atoms with Crippen molar-refractivity contribution < 1.29 is 17.6 Å². The largest absolute Gasteiger partial charge is 0.337 e. The lowest BCUT2D eigenvalue weighted by molar-refractivity contribution is 0.0743. The normalized spacial score (nSPS) is 19.1. The van der Waals surface area contributed by atoms with E-state index >= 15 is 0 Å². The van der Waals surface area contributed by atoms with E-state index in [-0.39, 0.29) is 17.5 Å². The van der Waals surface area contributed by atoms with Crippen molar-refractivity contribution in [1.82, 2.24) is 10.2 Å². The van der Waals surface area contributed by atoms with Gasteiger partial charge < -0.3 is 10.2 Å². The van der Waals surface area contributed by atoms with E-state index in [1.54, 1.807) is 7.05 Å². The number of amides is 1. The maximum Gasteiger partial charge on any atom is 0.253 e. The smallest absolute Gasteiger partial charge is 0.253 e. The van der Waals surface area contributed by atoms with Crippen LogP contribution in [0.15, 0.2) is 23.1 Å². The molecule has 0 aromatic heterocycles. The molecule has 1 saturated heterocycles. The second-order valence-corrected chi connectivity index (χ2v) is 6.28. The third-order valence-electron chi connectivity index (χ3n) is 3.39. The van der Waals surface area contributed by atoms with Crippen molar-refractivity contribution in [3.63, 3.8) is 0 Å². The summed E-state index contributed by atoms with van der Waals surface area (Å²) < 4.78 is 35.9. The van der Waals surface area contributed by atoms with Crippen LogP contribution in [0.25, 0.3) is 0 Å². The Morgan fingerprint density at radius 2 is 2.20 bits per heavy atom. The van der Waals surface area contributed by atoms with E-state index in [1.165, 1.54) is 11.0 Å². The lowest BCUT2D eigenvalue weighted by atomic mass is 10.1. The first-order valence-corrected chi connectivity index (χ1v) is 7.65. The summed E-state index contributed by atoms with van der Waals surface area (Å²) >= 11 is 0. The summed E-state index contributed by atoms with van der Waals surface area (Å²) in [6, 6.07) is 3.24. The van der Waals surface area contributed by atoms with E-state index in [4.69, 9.17) is 5.14 Å². The van der Waals surface area contributed by atoms with Gasteiger partial charge >= 0.3 is 0 Å². The van der Waals surface area contributed by atoms with Crippen LogP contribution in [-0.2, 0) is 10.0 Å². The lowest BCUT2D eigenvalue weighted by Gasteiger charge is -2.23. The summed E-state index contributed by atoms with van der Waals surface area (Å²) in [5.74, 6) is -1.37. The molecular weight excluding hydrogens is 285 g/mol. The number of nitrogens with two attached hydrogens (primary N) is 1. The van der Waals surface area contributed by atoms with Crippen molar-refractivity contribution in [2.45, 2.75) is 17.4 Å². The van der Waals surface area contributed by atoms with Gasteiger partial charge in [0.1, 0.15) is 10.7 Å². The molecule has 0 unspecified atom stereocenters. The van der Waals surface area contributed by atoms with E-state index in [0.717, 1.165) is 25.1 Å². The zero-order valence-electron chi connectivity index (χ0n) is 11.0. The fourth-order valence-corrected chi connectivity index (χ4v) is 2.79. The highest BCUT2D eigenvalue weighted by Crippen LogP contribution is 2.17. The van der Waals surface area contributed by atoms with Gasteiger partial charge in [0.15, 0.2) is 0 Å². The van der Waals surface area contributed by atoms with Crippen molar-refractivity contribution in [3.8, 4) is 0 Å². The molecule has 8 heteroatoms. The van der Waals surface area contributed by atoms with Crippen molar-refractivity contribution in [2.24, 2.45) is 5.14 Å². The molecule has 20 heavy (non-hydrogen) atoms. The summed E-state index contributed by atoms with van der Waals surface area (Å²) in [4.78, 5) is 13.1. The number of primary sulfonamides is 1. The molecule has 1 fully saturated rings. The van der Waals surface area contributed by atoms with Crippen LogP contribution in [0.4, 0.5) is 4.39 Å². The van der Waals surface area contributed by atoms with Crippen LogP contribution in [0, 0.1) is 5.82 Å². The maximum atomic E-state index is 13.7. The molecule has 2 rings (SSSR count). The van der Waals surface area contributed by atoms with Gasteiger partial charge in [-0.15, -0.1) is 0 Å². The van der Waals surface area contributed by atoms with E-state index < -0.39 is 20.7 Å². The van der Waals surface area contributed by atoms with Gasteiger partial charge in [0.2, 0.25) is 10.0 Å². The molecule has 1 aliphatic heterocycles.